The normalized spacial score (nSPS) is 45.3. The first-order valence-corrected chi connectivity index (χ1v) is 9.66. The summed E-state index contributed by atoms with van der Waals surface area (Å²) >= 11 is 1.84. The summed E-state index contributed by atoms with van der Waals surface area (Å²) < 4.78 is 0. The SMILES string of the molecule is CSC1NC2NC3C(CCCC3N3CCNCC3)CN2N1. The maximum Gasteiger partial charge on any atom is 0.129 e. The Balaban J connectivity index is 1.46. The molecule has 3 saturated heterocycles. The molecular formula is C14H28N6S. The minimum Gasteiger partial charge on any atom is -0.314 e. The summed E-state index contributed by atoms with van der Waals surface area (Å²) in [6.45, 7) is 5.90. The molecule has 4 fully saturated rings. The van der Waals surface area contributed by atoms with Gasteiger partial charge < -0.3 is 5.32 Å². The highest BCUT2D eigenvalue weighted by atomic mass is 32.2. The van der Waals surface area contributed by atoms with Crippen LogP contribution in [0.5, 0.6) is 0 Å². The van der Waals surface area contributed by atoms with E-state index < -0.39 is 0 Å². The Labute approximate surface area is 131 Å². The summed E-state index contributed by atoms with van der Waals surface area (Å²) in [6, 6.07) is 1.37. The lowest BCUT2D eigenvalue weighted by molar-refractivity contribution is -0.0123. The molecule has 4 rings (SSSR count). The zero-order chi connectivity index (χ0) is 14.2. The standard InChI is InChI=1S/C14H28N6S/c1-21-14-17-13-16-12-10(9-20(13)18-14)3-2-4-11(12)19-7-5-15-6-8-19/h10-18H,2-9H2,1H3. The molecule has 0 amide bonds. The Hall–Kier alpha value is 0.110. The van der Waals surface area contributed by atoms with Gasteiger partial charge in [-0.1, -0.05) is 6.42 Å². The molecule has 0 aromatic rings. The van der Waals surface area contributed by atoms with E-state index in [2.05, 4.69) is 37.5 Å². The first-order valence-electron chi connectivity index (χ1n) is 8.37. The minimum absolute atomic E-state index is 0.298. The van der Waals surface area contributed by atoms with Crippen LogP contribution in [0.1, 0.15) is 19.3 Å². The average Bonchev–Trinajstić information content (AvgIpc) is 2.95. The van der Waals surface area contributed by atoms with Crippen LogP contribution in [-0.2, 0) is 0 Å². The van der Waals surface area contributed by atoms with Crippen LogP contribution >= 0.6 is 11.8 Å². The van der Waals surface area contributed by atoms with E-state index in [0.717, 1.165) is 25.0 Å². The Bertz CT molecular complexity index is 363. The van der Waals surface area contributed by atoms with Gasteiger partial charge >= 0.3 is 0 Å². The lowest BCUT2D eigenvalue weighted by Gasteiger charge is -2.50. The van der Waals surface area contributed by atoms with Crippen LogP contribution in [0.3, 0.4) is 0 Å². The third kappa shape index (κ3) is 2.85. The molecule has 5 atom stereocenters. The van der Waals surface area contributed by atoms with E-state index in [1.165, 1.54) is 38.9 Å². The van der Waals surface area contributed by atoms with Crippen LogP contribution < -0.4 is 21.4 Å². The summed E-state index contributed by atoms with van der Waals surface area (Å²) in [5.74, 6) is 0.782. The van der Waals surface area contributed by atoms with Gasteiger partial charge in [-0.25, -0.2) is 10.4 Å². The van der Waals surface area contributed by atoms with E-state index in [9.17, 15) is 0 Å². The van der Waals surface area contributed by atoms with E-state index >= 15 is 0 Å². The number of hydrogen-bond acceptors (Lipinski definition) is 7. The molecule has 1 aliphatic carbocycles. The second-order valence-corrected chi connectivity index (χ2v) is 7.65. The van der Waals surface area contributed by atoms with Crippen LogP contribution in [0.2, 0.25) is 0 Å². The monoisotopic (exact) mass is 312 g/mol. The first kappa shape index (κ1) is 14.7. The summed E-state index contributed by atoms with van der Waals surface area (Å²) in [6.07, 6.45) is 6.57. The van der Waals surface area contributed by atoms with Crippen molar-refractivity contribution in [2.24, 2.45) is 5.92 Å². The van der Waals surface area contributed by atoms with Gasteiger partial charge in [-0.05, 0) is 25.0 Å². The molecule has 0 radical (unpaired) electrons. The molecule has 4 N–H and O–H groups in total. The van der Waals surface area contributed by atoms with Crippen molar-refractivity contribution < 1.29 is 0 Å². The molecule has 0 bridgehead atoms. The predicted molar refractivity (Wildman–Crippen MR) is 86.6 cm³/mol. The fraction of sp³-hybridized carbons (Fsp3) is 1.00. The second kappa shape index (κ2) is 6.31. The van der Waals surface area contributed by atoms with Gasteiger partial charge in [0.15, 0.2) is 0 Å². The fourth-order valence-electron chi connectivity index (χ4n) is 4.49. The Kier molecular flexibility index (Phi) is 4.41. The van der Waals surface area contributed by atoms with Crippen molar-refractivity contribution in [1.82, 2.24) is 31.3 Å². The Morgan fingerprint density at radius 3 is 2.76 bits per heavy atom. The number of rotatable bonds is 2. The molecule has 5 unspecified atom stereocenters. The average molecular weight is 312 g/mol. The summed E-state index contributed by atoms with van der Waals surface area (Å²) in [5, 5.41) is 13.4. The summed E-state index contributed by atoms with van der Waals surface area (Å²) in [4.78, 5) is 2.73. The maximum absolute atomic E-state index is 3.91. The van der Waals surface area contributed by atoms with Crippen molar-refractivity contribution in [2.75, 3.05) is 39.0 Å². The van der Waals surface area contributed by atoms with Crippen molar-refractivity contribution in [2.45, 2.75) is 43.1 Å². The third-order valence-corrected chi connectivity index (χ3v) is 6.25. The molecule has 7 heteroatoms. The van der Waals surface area contributed by atoms with Gasteiger partial charge in [-0.15, -0.1) is 11.8 Å². The van der Waals surface area contributed by atoms with Crippen molar-refractivity contribution in [3.8, 4) is 0 Å². The lowest BCUT2D eigenvalue weighted by atomic mass is 9.78. The zero-order valence-corrected chi connectivity index (χ0v) is 13.7. The van der Waals surface area contributed by atoms with Gasteiger partial charge in [0.05, 0.1) is 0 Å². The largest absolute Gasteiger partial charge is 0.314 e. The van der Waals surface area contributed by atoms with Gasteiger partial charge in [-0.2, -0.15) is 0 Å². The van der Waals surface area contributed by atoms with E-state index in [1.54, 1.807) is 0 Å². The zero-order valence-electron chi connectivity index (χ0n) is 12.8. The molecule has 1 saturated carbocycles. The molecule has 4 aliphatic rings. The molecule has 6 nitrogen and oxygen atoms in total. The number of thioether (sulfide) groups is 1. The highest BCUT2D eigenvalue weighted by Crippen LogP contribution is 2.33. The number of piperazine rings is 1. The number of fused-ring (bicyclic) bond motifs is 2. The topological polar surface area (TPSA) is 54.6 Å². The van der Waals surface area contributed by atoms with E-state index in [0.29, 0.717) is 17.8 Å². The molecule has 120 valence electrons. The van der Waals surface area contributed by atoms with Crippen LogP contribution in [-0.4, -0.2) is 72.8 Å². The maximum atomic E-state index is 3.91. The van der Waals surface area contributed by atoms with Crippen LogP contribution in [0, 0.1) is 5.92 Å². The summed E-state index contributed by atoms with van der Waals surface area (Å²) in [5.41, 5.74) is 3.92. The van der Waals surface area contributed by atoms with Gasteiger partial charge in [0.25, 0.3) is 0 Å². The van der Waals surface area contributed by atoms with E-state index in [-0.39, 0.29) is 0 Å². The van der Waals surface area contributed by atoms with Crippen LogP contribution in [0.4, 0.5) is 0 Å². The Morgan fingerprint density at radius 1 is 1.10 bits per heavy atom. The van der Waals surface area contributed by atoms with Crippen molar-refractivity contribution >= 4 is 11.8 Å². The van der Waals surface area contributed by atoms with E-state index in [4.69, 9.17) is 0 Å². The highest BCUT2D eigenvalue weighted by Gasteiger charge is 2.45. The lowest BCUT2D eigenvalue weighted by Crippen LogP contribution is -2.69. The Morgan fingerprint density at radius 2 is 1.95 bits per heavy atom. The molecule has 0 spiro atoms. The van der Waals surface area contributed by atoms with E-state index in [1.807, 2.05) is 11.8 Å². The third-order valence-electron chi connectivity index (χ3n) is 5.54. The van der Waals surface area contributed by atoms with Crippen molar-refractivity contribution in [3.63, 3.8) is 0 Å². The molecule has 21 heavy (non-hydrogen) atoms. The van der Waals surface area contributed by atoms with Crippen molar-refractivity contribution in [1.29, 1.82) is 0 Å². The van der Waals surface area contributed by atoms with Crippen LogP contribution in [0.25, 0.3) is 0 Å². The molecule has 0 aromatic heterocycles. The second-order valence-electron chi connectivity index (χ2n) is 6.70. The van der Waals surface area contributed by atoms with Gasteiger partial charge in [0.1, 0.15) is 11.8 Å². The molecule has 0 aromatic carbocycles. The number of hydrazine groups is 1. The number of nitrogens with one attached hydrogen (secondary N) is 4. The fourth-order valence-corrected chi connectivity index (χ4v) is 4.99. The smallest absolute Gasteiger partial charge is 0.129 e. The highest BCUT2D eigenvalue weighted by molar-refractivity contribution is 7.99. The van der Waals surface area contributed by atoms with Gasteiger partial charge in [-0.3, -0.25) is 15.5 Å². The van der Waals surface area contributed by atoms with Gasteiger partial charge in [0.2, 0.25) is 0 Å². The summed E-state index contributed by atoms with van der Waals surface area (Å²) in [7, 11) is 0. The van der Waals surface area contributed by atoms with Crippen molar-refractivity contribution in [3.05, 3.63) is 0 Å². The number of nitrogens with zero attached hydrogens (tertiary/aromatic N) is 2. The predicted octanol–water partition coefficient (Wildman–Crippen LogP) is -0.628. The minimum atomic E-state index is 0.298. The van der Waals surface area contributed by atoms with Crippen LogP contribution in [0.15, 0.2) is 0 Å². The molecule has 3 heterocycles. The molecule has 3 aliphatic heterocycles. The van der Waals surface area contributed by atoms with Gasteiger partial charge in [0, 0.05) is 44.8 Å². The quantitative estimate of drug-likeness (QED) is 0.542. The first-order chi connectivity index (χ1) is 10.3. The molecular weight excluding hydrogens is 284 g/mol. The number of hydrogen-bond donors (Lipinski definition) is 4.